The van der Waals surface area contributed by atoms with Gasteiger partial charge in [-0.1, -0.05) is 0 Å². The van der Waals surface area contributed by atoms with Crippen molar-refractivity contribution in [2.24, 2.45) is 0 Å². The molecular weight excluding hydrogens is 524 g/mol. The molecule has 0 heterocycles. The molecule has 0 aromatic carbocycles. The summed E-state index contributed by atoms with van der Waals surface area (Å²) in [5.74, 6) is -36.3. The van der Waals surface area contributed by atoms with Gasteiger partial charge in [-0.25, -0.2) is 22.4 Å². The first-order valence-electron chi connectivity index (χ1n) is 7.59. The molecule has 0 bridgehead atoms. The van der Waals surface area contributed by atoms with Crippen molar-refractivity contribution in [1.82, 2.24) is 0 Å². The highest BCUT2D eigenvalue weighted by Crippen LogP contribution is 2.50. The average molecular weight is 536 g/mol. The van der Waals surface area contributed by atoms with Crippen LogP contribution in [0.1, 0.15) is 13.3 Å². The first kappa shape index (κ1) is 33.3. The molecule has 0 aliphatic rings. The van der Waals surface area contributed by atoms with Crippen LogP contribution in [0.15, 0.2) is 0 Å². The normalized spacial score (nSPS) is 15.3. The van der Waals surface area contributed by atoms with Gasteiger partial charge in [-0.2, -0.15) is 52.7 Å². The lowest BCUT2D eigenvalue weighted by molar-refractivity contribution is -0.343. The van der Waals surface area contributed by atoms with Crippen LogP contribution in [0.5, 0.6) is 0 Å². The lowest BCUT2D eigenvalue weighted by Gasteiger charge is -2.33. The molecule has 4 nitrogen and oxygen atoms in total. The highest BCUT2D eigenvalue weighted by molar-refractivity contribution is 5.57. The van der Waals surface area contributed by atoms with E-state index in [-0.39, 0.29) is 0 Å². The SMILES string of the molecule is CC(CC(F)(F)C(F)(F)C(F)(F)C(F)F)OC(=O)O.OCC(F)(F)C(F)(F)C(F)(F)C(F)F. The van der Waals surface area contributed by atoms with Gasteiger partial charge in [0.15, 0.2) is 0 Å². The predicted molar refractivity (Wildman–Crippen MR) is 72.0 cm³/mol. The van der Waals surface area contributed by atoms with Gasteiger partial charge >= 0.3 is 54.5 Å². The van der Waals surface area contributed by atoms with E-state index >= 15 is 0 Å². The quantitative estimate of drug-likeness (QED) is 0.275. The molecule has 1 unspecified atom stereocenters. The second kappa shape index (κ2) is 10.6. The molecule has 20 heteroatoms. The third kappa shape index (κ3) is 7.05. The first-order valence-corrected chi connectivity index (χ1v) is 7.59. The van der Waals surface area contributed by atoms with Crippen molar-refractivity contribution in [3.8, 4) is 0 Å². The molecule has 0 aromatic heterocycles. The van der Waals surface area contributed by atoms with Crippen molar-refractivity contribution in [2.75, 3.05) is 6.61 Å². The van der Waals surface area contributed by atoms with Crippen LogP contribution in [0, 0.1) is 0 Å². The van der Waals surface area contributed by atoms with Crippen LogP contribution < -0.4 is 0 Å². The highest BCUT2D eigenvalue weighted by atomic mass is 19.4. The van der Waals surface area contributed by atoms with Gasteiger partial charge < -0.3 is 14.9 Å². The largest absolute Gasteiger partial charge is 0.506 e. The van der Waals surface area contributed by atoms with Gasteiger partial charge in [0.25, 0.3) is 0 Å². The topological polar surface area (TPSA) is 66.8 Å². The first-order chi connectivity index (χ1) is 14.3. The van der Waals surface area contributed by atoms with Crippen LogP contribution in [0.4, 0.5) is 75.0 Å². The maximum Gasteiger partial charge on any atom is 0.506 e. The zero-order valence-corrected chi connectivity index (χ0v) is 15.4. The summed E-state index contributed by atoms with van der Waals surface area (Å²) in [6.45, 7) is -2.07. The molecule has 200 valence electrons. The Bertz CT molecular complexity index is 636. The van der Waals surface area contributed by atoms with Crippen molar-refractivity contribution >= 4 is 6.16 Å². The molecule has 0 rings (SSSR count). The third-order valence-electron chi connectivity index (χ3n) is 3.35. The Balaban J connectivity index is 0. The number of aliphatic hydroxyl groups is 1. The van der Waals surface area contributed by atoms with Gasteiger partial charge in [0.2, 0.25) is 0 Å². The summed E-state index contributed by atoms with van der Waals surface area (Å²) >= 11 is 0. The van der Waals surface area contributed by atoms with E-state index in [1.807, 2.05) is 0 Å². The second-order valence-corrected chi connectivity index (χ2v) is 5.96. The zero-order valence-electron chi connectivity index (χ0n) is 15.4. The molecule has 0 saturated carbocycles. The standard InChI is InChI=1S/C8H8F8O3.C5H4F8O/c1-3(19-5(17)18)2-6(11,12)8(15,16)7(13,14)4(9)10;6-2(7)4(10,11)5(12,13)3(8,9)1-14/h3-4H,2H2,1H3,(H,17,18);2,14H,1H2. The van der Waals surface area contributed by atoms with Crippen LogP contribution in [0.2, 0.25) is 0 Å². The van der Waals surface area contributed by atoms with E-state index in [1.54, 1.807) is 0 Å². The Hall–Kier alpha value is -1.89. The lowest BCUT2D eigenvalue weighted by Crippen LogP contribution is -2.58. The van der Waals surface area contributed by atoms with Crippen LogP contribution in [0.25, 0.3) is 0 Å². The fourth-order valence-corrected chi connectivity index (χ4v) is 1.56. The van der Waals surface area contributed by atoms with E-state index in [9.17, 15) is 75.0 Å². The van der Waals surface area contributed by atoms with E-state index < -0.39 is 73.7 Å². The van der Waals surface area contributed by atoms with Crippen molar-refractivity contribution in [1.29, 1.82) is 0 Å². The van der Waals surface area contributed by atoms with Crippen molar-refractivity contribution in [3.63, 3.8) is 0 Å². The predicted octanol–water partition coefficient (Wildman–Crippen LogP) is 5.78. The Kier molecular flexibility index (Phi) is 10.7. The summed E-state index contributed by atoms with van der Waals surface area (Å²) in [7, 11) is 0. The summed E-state index contributed by atoms with van der Waals surface area (Å²) < 4.78 is 198. The average Bonchev–Trinajstić information content (AvgIpc) is 2.59. The minimum atomic E-state index is -6.36. The van der Waals surface area contributed by atoms with E-state index in [0.29, 0.717) is 6.92 Å². The summed E-state index contributed by atoms with van der Waals surface area (Å²) in [6, 6.07) is 0. The summed E-state index contributed by atoms with van der Waals surface area (Å²) in [4.78, 5) is 9.93. The molecule has 0 saturated heterocycles. The van der Waals surface area contributed by atoms with Crippen LogP contribution in [-0.4, -0.2) is 77.5 Å². The van der Waals surface area contributed by atoms with E-state index in [4.69, 9.17) is 10.2 Å². The van der Waals surface area contributed by atoms with Crippen LogP contribution in [0.3, 0.4) is 0 Å². The molecule has 2 N–H and O–H groups in total. The van der Waals surface area contributed by atoms with Crippen molar-refractivity contribution in [2.45, 2.75) is 67.8 Å². The highest BCUT2D eigenvalue weighted by Gasteiger charge is 2.76. The second-order valence-electron chi connectivity index (χ2n) is 5.96. The Morgan fingerprint density at radius 1 is 0.727 bits per heavy atom. The van der Waals surface area contributed by atoms with Crippen LogP contribution in [-0.2, 0) is 4.74 Å². The minimum absolute atomic E-state index is 0.582. The van der Waals surface area contributed by atoms with Crippen molar-refractivity contribution in [3.05, 3.63) is 0 Å². The van der Waals surface area contributed by atoms with E-state index in [1.165, 1.54) is 0 Å². The number of hydrogen-bond acceptors (Lipinski definition) is 3. The van der Waals surface area contributed by atoms with Gasteiger partial charge in [-0.3, -0.25) is 0 Å². The molecule has 0 amide bonds. The maximum absolute atomic E-state index is 12.9. The number of halogens is 16. The van der Waals surface area contributed by atoms with Gasteiger partial charge in [-0.05, 0) is 6.92 Å². The van der Waals surface area contributed by atoms with Crippen LogP contribution >= 0.6 is 0 Å². The fourth-order valence-electron chi connectivity index (χ4n) is 1.56. The molecule has 0 aromatic rings. The molecule has 0 radical (unpaired) electrons. The van der Waals surface area contributed by atoms with Gasteiger partial charge in [-0.15, -0.1) is 0 Å². The molecule has 0 aliphatic heterocycles. The molecule has 0 fully saturated rings. The summed E-state index contributed by atoms with van der Waals surface area (Å²) in [5.41, 5.74) is 0. The third-order valence-corrected chi connectivity index (χ3v) is 3.35. The Morgan fingerprint density at radius 3 is 1.27 bits per heavy atom. The summed E-state index contributed by atoms with van der Waals surface area (Å²) in [6.07, 6.45) is -16.3. The summed E-state index contributed by atoms with van der Waals surface area (Å²) in [5, 5.41) is 15.7. The number of hydrogen-bond donors (Lipinski definition) is 2. The van der Waals surface area contributed by atoms with E-state index in [2.05, 4.69) is 4.74 Å². The molecule has 1 atom stereocenters. The number of carboxylic acid groups (broad SMARTS) is 1. The number of alkyl halides is 16. The molecule has 33 heavy (non-hydrogen) atoms. The molecule has 0 spiro atoms. The monoisotopic (exact) mass is 536 g/mol. The Morgan fingerprint density at radius 2 is 1.03 bits per heavy atom. The fraction of sp³-hybridized carbons (Fsp3) is 0.923. The number of carbonyl (C=O) groups is 1. The number of aliphatic hydroxyl groups excluding tert-OH is 1. The number of ether oxygens (including phenoxy) is 1. The van der Waals surface area contributed by atoms with Crippen molar-refractivity contribution < 1.29 is 90.0 Å². The zero-order chi connectivity index (χ0) is 27.4. The molecule has 0 aliphatic carbocycles. The van der Waals surface area contributed by atoms with Gasteiger partial charge in [0.1, 0.15) is 12.7 Å². The maximum atomic E-state index is 12.9. The van der Waals surface area contributed by atoms with Gasteiger partial charge in [0, 0.05) is 0 Å². The molecular formula is C13H12F16O4. The smallest absolute Gasteiger partial charge is 0.450 e. The Labute approximate surface area is 172 Å². The minimum Gasteiger partial charge on any atom is -0.450 e. The lowest BCUT2D eigenvalue weighted by atomic mass is 9.99. The van der Waals surface area contributed by atoms with E-state index in [0.717, 1.165) is 0 Å². The number of rotatable bonds is 10. The van der Waals surface area contributed by atoms with Gasteiger partial charge in [0.05, 0.1) is 6.42 Å².